The van der Waals surface area contributed by atoms with E-state index in [0.717, 1.165) is 31.6 Å². The van der Waals surface area contributed by atoms with Gasteiger partial charge in [-0.05, 0) is 37.0 Å². The van der Waals surface area contributed by atoms with Crippen LogP contribution in [0, 0.1) is 11.7 Å². The first-order chi connectivity index (χ1) is 8.99. The molecule has 1 aromatic carbocycles. The highest BCUT2D eigenvalue weighted by molar-refractivity contribution is 7.89. The van der Waals surface area contributed by atoms with Crippen molar-refractivity contribution in [2.24, 2.45) is 5.92 Å². The summed E-state index contributed by atoms with van der Waals surface area (Å²) in [5, 5.41) is 0. The van der Waals surface area contributed by atoms with Gasteiger partial charge in [-0.1, -0.05) is 0 Å². The van der Waals surface area contributed by atoms with Crippen LogP contribution in [0.4, 0.5) is 10.1 Å². The largest absolute Gasteiger partial charge is 0.398 e. The molecule has 0 radical (unpaired) electrons. The fourth-order valence-electron chi connectivity index (χ4n) is 2.01. The van der Waals surface area contributed by atoms with Crippen molar-refractivity contribution in [3.8, 4) is 0 Å². The van der Waals surface area contributed by atoms with E-state index in [4.69, 9.17) is 10.5 Å². The van der Waals surface area contributed by atoms with Crippen LogP contribution in [0.15, 0.2) is 23.1 Å². The Morgan fingerprint density at radius 3 is 2.95 bits per heavy atom. The highest BCUT2D eigenvalue weighted by atomic mass is 32.2. The second kappa shape index (κ2) is 5.85. The SMILES string of the molecule is Nc1ccc(F)cc1S(=O)(=O)NCC1CCCOC1. The lowest BCUT2D eigenvalue weighted by atomic mass is 10.0. The van der Waals surface area contributed by atoms with E-state index in [2.05, 4.69) is 4.72 Å². The molecule has 0 bridgehead atoms. The van der Waals surface area contributed by atoms with Crippen molar-refractivity contribution in [1.82, 2.24) is 4.72 Å². The summed E-state index contributed by atoms with van der Waals surface area (Å²) in [6, 6.07) is 3.30. The predicted octanol–water partition coefficient (Wildman–Crippen LogP) is 1.11. The fraction of sp³-hybridized carbons (Fsp3) is 0.500. The minimum Gasteiger partial charge on any atom is -0.398 e. The van der Waals surface area contributed by atoms with E-state index in [0.29, 0.717) is 6.61 Å². The Labute approximate surface area is 112 Å². The van der Waals surface area contributed by atoms with Crippen LogP contribution in [0.25, 0.3) is 0 Å². The fourth-order valence-corrected chi connectivity index (χ4v) is 3.27. The zero-order valence-corrected chi connectivity index (χ0v) is 11.2. The van der Waals surface area contributed by atoms with Crippen LogP contribution in [0.5, 0.6) is 0 Å². The third-order valence-corrected chi connectivity index (χ3v) is 4.56. The van der Waals surface area contributed by atoms with Gasteiger partial charge in [-0.3, -0.25) is 0 Å². The molecule has 2 rings (SSSR count). The smallest absolute Gasteiger partial charge is 0.242 e. The van der Waals surface area contributed by atoms with Crippen LogP contribution >= 0.6 is 0 Å². The van der Waals surface area contributed by atoms with Gasteiger partial charge < -0.3 is 10.5 Å². The van der Waals surface area contributed by atoms with Gasteiger partial charge in [0.1, 0.15) is 10.7 Å². The summed E-state index contributed by atoms with van der Waals surface area (Å²) < 4.78 is 44.9. The van der Waals surface area contributed by atoms with Gasteiger partial charge >= 0.3 is 0 Å². The van der Waals surface area contributed by atoms with Crippen molar-refractivity contribution in [1.29, 1.82) is 0 Å². The minimum atomic E-state index is -3.78. The Morgan fingerprint density at radius 2 is 2.26 bits per heavy atom. The number of nitrogens with one attached hydrogen (secondary N) is 1. The number of anilines is 1. The van der Waals surface area contributed by atoms with Crippen LogP contribution in [-0.4, -0.2) is 28.2 Å². The van der Waals surface area contributed by atoms with Crippen molar-refractivity contribution in [3.63, 3.8) is 0 Å². The quantitative estimate of drug-likeness (QED) is 0.813. The van der Waals surface area contributed by atoms with E-state index in [1.807, 2.05) is 0 Å². The summed E-state index contributed by atoms with van der Waals surface area (Å²) in [5.41, 5.74) is 5.61. The lowest BCUT2D eigenvalue weighted by Gasteiger charge is -2.22. The highest BCUT2D eigenvalue weighted by Gasteiger charge is 2.21. The molecule has 5 nitrogen and oxygen atoms in total. The molecule has 3 N–H and O–H groups in total. The summed E-state index contributed by atoms with van der Waals surface area (Å²) in [6.45, 7) is 1.54. The van der Waals surface area contributed by atoms with Crippen LogP contribution < -0.4 is 10.5 Å². The number of hydrogen-bond acceptors (Lipinski definition) is 4. The lowest BCUT2D eigenvalue weighted by molar-refractivity contribution is 0.0568. The monoisotopic (exact) mass is 288 g/mol. The van der Waals surface area contributed by atoms with Gasteiger partial charge in [-0.2, -0.15) is 0 Å². The molecule has 1 unspecified atom stereocenters. The van der Waals surface area contributed by atoms with Gasteiger partial charge in [-0.15, -0.1) is 0 Å². The molecule has 1 aliphatic rings. The predicted molar refractivity (Wildman–Crippen MR) is 69.5 cm³/mol. The van der Waals surface area contributed by atoms with Gasteiger partial charge in [0.15, 0.2) is 0 Å². The van der Waals surface area contributed by atoms with Gasteiger partial charge in [-0.25, -0.2) is 17.5 Å². The molecular formula is C12H17FN2O3S. The molecule has 106 valence electrons. The summed E-state index contributed by atoms with van der Waals surface area (Å²) in [4.78, 5) is -0.218. The summed E-state index contributed by atoms with van der Waals surface area (Å²) in [7, 11) is -3.78. The molecule has 0 spiro atoms. The first-order valence-electron chi connectivity index (χ1n) is 6.11. The molecule has 1 atom stereocenters. The summed E-state index contributed by atoms with van der Waals surface area (Å²) >= 11 is 0. The number of hydrogen-bond donors (Lipinski definition) is 2. The Morgan fingerprint density at radius 1 is 1.47 bits per heavy atom. The Bertz CT molecular complexity index is 542. The molecule has 1 fully saturated rings. The number of rotatable bonds is 4. The maximum Gasteiger partial charge on any atom is 0.242 e. The van der Waals surface area contributed by atoms with Crippen molar-refractivity contribution in [2.75, 3.05) is 25.5 Å². The number of nitrogens with two attached hydrogens (primary N) is 1. The number of nitrogen functional groups attached to an aromatic ring is 1. The van der Waals surface area contributed by atoms with E-state index in [-0.39, 0.29) is 23.0 Å². The molecule has 0 aliphatic carbocycles. The zero-order valence-electron chi connectivity index (χ0n) is 10.4. The maximum atomic E-state index is 13.1. The molecule has 0 aromatic heterocycles. The summed E-state index contributed by atoms with van der Waals surface area (Å²) in [5.74, 6) is -0.478. The molecule has 0 saturated carbocycles. The lowest BCUT2D eigenvalue weighted by Crippen LogP contribution is -2.33. The molecule has 1 heterocycles. The standard InChI is InChI=1S/C12H17FN2O3S/c13-10-3-4-11(14)12(6-10)19(16,17)15-7-9-2-1-5-18-8-9/h3-4,6,9,15H,1-2,5,7-8,14H2. The van der Waals surface area contributed by atoms with E-state index >= 15 is 0 Å². The van der Waals surface area contributed by atoms with Gasteiger partial charge in [0.05, 0.1) is 12.3 Å². The van der Waals surface area contributed by atoms with Crippen LogP contribution in [0.1, 0.15) is 12.8 Å². The number of benzene rings is 1. The number of sulfonamides is 1. The van der Waals surface area contributed by atoms with Crippen LogP contribution in [-0.2, 0) is 14.8 Å². The van der Waals surface area contributed by atoms with E-state index in [1.165, 1.54) is 6.07 Å². The Balaban J connectivity index is 2.07. The Hall–Kier alpha value is -1.18. The maximum absolute atomic E-state index is 13.1. The minimum absolute atomic E-state index is 0.0359. The van der Waals surface area contributed by atoms with Gasteiger partial charge in [0.2, 0.25) is 10.0 Å². The average molecular weight is 288 g/mol. The normalized spacial score (nSPS) is 20.4. The second-order valence-electron chi connectivity index (χ2n) is 4.62. The van der Waals surface area contributed by atoms with E-state index in [9.17, 15) is 12.8 Å². The topological polar surface area (TPSA) is 81.4 Å². The first-order valence-corrected chi connectivity index (χ1v) is 7.60. The van der Waals surface area contributed by atoms with Gasteiger partial charge in [0.25, 0.3) is 0 Å². The van der Waals surface area contributed by atoms with E-state index in [1.54, 1.807) is 0 Å². The van der Waals surface area contributed by atoms with Gasteiger partial charge in [0, 0.05) is 13.2 Å². The molecule has 7 heteroatoms. The molecular weight excluding hydrogens is 271 g/mol. The van der Waals surface area contributed by atoms with Crippen molar-refractivity contribution in [2.45, 2.75) is 17.7 Å². The molecule has 1 aromatic rings. The highest BCUT2D eigenvalue weighted by Crippen LogP contribution is 2.20. The third kappa shape index (κ3) is 3.65. The molecule has 19 heavy (non-hydrogen) atoms. The van der Waals surface area contributed by atoms with E-state index < -0.39 is 15.8 Å². The van der Waals surface area contributed by atoms with Crippen LogP contribution in [0.3, 0.4) is 0 Å². The first kappa shape index (κ1) is 14.2. The second-order valence-corrected chi connectivity index (χ2v) is 6.35. The molecule has 1 aliphatic heterocycles. The zero-order chi connectivity index (χ0) is 13.9. The van der Waals surface area contributed by atoms with Crippen molar-refractivity contribution < 1.29 is 17.5 Å². The molecule has 0 amide bonds. The summed E-state index contributed by atoms with van der Waals surface area (Å²) in [6.07, 6.45) is 1.84. The third-order valence-electron chi connectivity index (χ3n) is 3.08. The average Bonchev–Trinajstić information content (AvgIpc) is 2.40. The number of halogens is 1. The van der Waals surface area contributed by atoms with Crippen molar-refractivity contribution >= 4 is 15.7 Å². The molecule has 1 saturated heterocycles. The Kier molecular flexibility index (Phi) is 4.38. The number of ether oxygens (including phenoxy) is 1. The van der Waals surface area contributed by atoms with Crippen LogP contribution in [0.2, 0.25) is 0 Å². The van der Waals surface area contributed by atoms with Crippen molar-refractivity contribution in [3.05, 3.63) is 24.0 Å².